The van der Waals surface area contributed by atoms with Gasteiger partial charge in [-0.15, -0.1) is 6.58 Å². The lowest BCUT2D eigenvalue weighted by atomic mass is 10.1. The minimum atomic E-state index is -0.563. The molecule has 0 saturated carbocycles. The monoisotopic (exact) mass is 185 g/mol. The molecule has 0 aromatic rings. The van der Waals surface area contributed by atoms with Crippen LogP contribution in [-0.4, -0.2) is 25.0 Å². The number of alkyl carbamates (subject to hydrolysis) is 1. The summed E-state index contributed by atoms with van der Waals surface area (Å²) >= 11 is 0. The lowest BCUT2D eigenvalue weighted by molar-refractivity contribution is -0.123. The molecule has 4 nitrogen and oxygen atoms in total. The van der Waals surface area contributed by atoms with E-state index in [0.29, 0.717) is 6.54 Å². The Hall–Kier alpha value is -1.32. The molecule has 0 bridgehead atoms. The van der Waals surface area contributed by atoms with E-state index in [1.807, 2.05) is 0 Å². The summed E-state index contributed by atoms with van der Waals surface area (Å²) in [5.41, 5.74) is 0. The van der Waals surface area contributed by atoms with Crippen molar-refractivity contribution in [2.75, 3.05) is 13.2 Å². The van der Waals surface area contributed by atoms with Crippen molar-refractivity contribution in [3.63, 3.8) is 0 Å². The third kappa shape index (κ3) is 5.00. The SMILES string of the molecule is C=CC(C)C(=O)COC(=O)NCC. The van der Waals surface area contributed by atoms with Crippen LogP contribution in [0.25, 0.3) is 0 Å². The molecule has 1 unspecified atom stereocenters. The van der Waals surface area contributed by atoms with Gasteiger partial charge in [-0.1, -0.05) is 13.0 Å². The second-order valence-corrected chi connectivity index (χ2v) is 2.60. The van der Waals surface area contributed by atoms with Gasteiger partial charge in [-0.25, -0.2) is 4.79 Å². The molecule has 4 heteroatoms. The van der Waals surface area contributed by atoms with E-state index >= 15 is 0 Å². The Morgan fingerprint density at radius 2 is 2.23 bits per heavy atom. The maximum Gasteiger partial charge on any atom is 0.407 e. The number of Topliss-reactive ketones (excluding diaryl/α,β-unsaturated/α-hetero) is 1. The van der Waals surface area contributed by atoms with Gasteiger partial charge in [0, 0.05) is 12.5 Å². The fourth-order valence-corrected chi connectivity index (χ4v) is 0.595. The third-order valence-corrected chi connectivity index (χ3v) is 1.53. The van der Waals surface area contributed by atoms with Gasteiger partial charge in [0.15, 0.2) is 12.4 Å². The van der Waals surface area contributed by atoms with Crippen LogP contribution in [0.1, 0.15) is 13.8 Å². The molecule has 0 saturated heterocycles. The lowest BCUT2D eigenvalue weighted by Gasteiger charge is -2.06. The fraction of sp³-hybridized carbons (Fsp3) is 0.556. The Bertz CT molecular complexity index is 201. The summed E-state index contributed by atoms with van der Waals surface area (Å²) in [5, 5.41) is 2.42. The molecular weight excluding hydrogens is 170 g/mol. The first-order valence-electron chi connectivity index (χ1n) is 4.17. The molecule has 0 rings (SSSR count). The van der Waals surface area contributed by atoms with E-state index in [9.17, 15) is 9.59 Å². The van der Waals surface area contributed by atoms with E-state index in [4.69, 9.17) is 0 Å². The van der Waals surface area contributed by atoms with Crippen LogP contribution in [0.15, 0.2) is 12.7 Å². The van der Waals surface area contributed by atoms with Crippen molar-refractivity contribution in [3.05, 3.63) is 12.7 Å². The zero-order valence-corrected chi connectivity index (χ0v) is 8.00. The van der Waals surface area contributed by atoms with Gasteiger partial charge in [-0.3, -0.25) is 4.79 Å². The standard InChI is InChI=1S/C9H15NO3/c1-4-7(3)8(11)6-13-9(12)10-5-2/h4,7H,1,5-6H2,2-3H3,(H,10,12). The molecule has 0 spiro atoms. The number of carbonyl (C=O) groups excluding carboxylic acids is 2. The highest BCUT2D eigenvalue weighted by molar-refractivity contribution is 5.85. The summed E-state index contributed by atoms with van der Waals surface area (Å²) in [5.74, 6) is -0.421. The van der Waals surface area contributed by atoms with Crippen LogP contribution in [0.4, 0.5) is 4.79 Å². The predicted octanol–water partition coefficient (Wildman–Crippen LogP) is 1.12. The number of nitrogens with one attached hydrogen (secondary N) is 1. The smallest absolute Gasteiger partial charge is 0.407 e. The van der Waals surface area contributed by atoms with Crippen molar-refractivity contribution >= 4 is 11.9 Å². The fourth-order valence-electron chi connectivity index (χ4n) is 0.595. The predicted molar refractivity (Wildman–Crippen MR) is 49.4 cm³/mol. The molecule has 1 atom stereocenters. The van der Waals surface area contributed by atoms with Gasteiger partial charge in [-0.05, 0) is 6.92 Å². The zero-order chi connectivity index (χ0) is 10.3. The Morgan fingerprint density at radius 3 is 2.69 bits per heavy atom. The van der Waals surface area contributed by atoms with Gasteiger partial charge in [-0.2, -0.15) is 0 Å². The van der Waals surface area contributed by atoms with Crippen molar-refractivity contribution < 1.29 is 14.3 Å². The Kier molecular flexibility index (Phi) is 5.59. The van der Waals surface area contributed by atoms with Crippen LogP contribution in [0, 0.1) is 5.92 Å². The van der Waals surface area contributed by atoms with Crippen molar-refractivity contribution in [2.24, 2.45) is 5.92 Å². The summed E-state index contributed by atoms with van der Waals surface area (Å²) in [4.78, 5) is 21.9. The van der Waals surface area contributed by atoms with E-state index in [0.717, 1.165) is 0 Å². The molecule has 0 aromatic carbocycles. The quantitative estimate of drug-likeness (QED) is 0.653. The number of allylic oxidation sites excluding steroid dienone is 1. The molecule has 0 aliphatic heterocycles. The van der Waals surface area contributed by atoms with Crippen molar-refractivity contribution in [2.45, 2.75) is 13.8 Å². The van der Waals surface area contributed by atoms with Crippen LogP contribution in [0.3, 0.4) is 0 Å². The highest BCUT2D eigenvalue weighted by Gasteiger charge is 2.11. The summed E-state index contributed by atoms with van der Waals surface area (Å²) in [6.45, 7) is 7.24. The van der Waals surface area contributed by atoms with Gasteiger partial charge in [0.2, 0.25) is 0 Å². The molecule has 0 fully saturated rings. The number of rotatable bonds is 5. The molecule has 1 amide bonds. The van der Waals surface area contributed by atoms with Gasteiger partial charge >= 0.3 is 6.09 Å². The first kappa shape index (κ1) is 11.7. The minimum Gasteiger partial charge on any atom is -0.442 e. The highest BCUT2D eigenvalue weighted by atomic mass is 16.5. The van der Waals surface area contributed by atoms with Crippen LogP contribution in [-0.2, 0) is 9.53 Å². The average Bonchev–Trinajstić information content (AvgIpc) is 2.13. The largest absolute Gasteiger partial charge is 0.442 e. The van der Waals surface area contributed by atoms with Crippen molar-refractivity contribution in [1.82, 2.24) is 5.32 Å². The Labute approximate surface area is 78.0 Å². The topological polar surface area (TPSA) is 55.4 Å². The molecule has 0 aliphatic rings. The number of hydrogen-bond donors (Lipinski definition) is 1. The molecule has 74 valence electrons. The summed E-state index contributed by atoms with van der Waals surface area (Å²) in [6.07, 6.45) is 0.954. The van der Waals surface area contributed by atoms with E-state index in [2.05, 4.69) is 16.6 Å². The first-order chi connectivity index (χ1) is 6.11. The number of carbonyl (C=O) groups is 2. The van der Waals surface area contributed by atoms with Gasteiger partial charge < -0.3 is 10.1 Å². The number of ketones is 1. The molecule has 1 N–H and O–H groups in total. The maximum absolute atomic E-state index is 11.1. The Morgan fingerprint density at radius 1 is 1.62 bits per heavy atom. The average molecular weight is 185 g/mol. The van der Waals surface area contributed by atoms with E-state index in [1.165, 1.54) is 6.08 Å². The van der Waals surface area contributed by atoms with Gasteiger partial charge in [0.25, 0.3) is 0 Å². The van der Waals surface area contributed by atoms with Gasteiger partial charge in [0.05, 0.1) is 0 Å². The van der Waals surface area contributed by atoms with Crippen LogP contribution in [0.2, 0.25) is 0 Å². The van der Waals surface area contributed by atoms with Crippen molar-refractivity contribution in [3.8, 4) is 0 Å². The zero-order valence-electron chi connectivity index (χ0n) is 8.00. The molecule has 0 heterocycles. The van der Waals surface area contributed by atoms with E-state index in [-0.39, 0.29) is 18.3 Å². The summed E-state index contributed by atoms with van der Waals surface area (Å²) < 4.78 is 4.62. The normalized spacial score (nSPS) is 11.5. The molecule has 0 aliphatic carbocycles. The molecule has 0 aromatic heterocycles. The third-order valence-electron chi connectivity index (χ3n) is 1.53. The van der Waals surface area contributed by atoms with E-state index in [1.54, 1.807) is 13.8 Å². The highest BCUT2D eigenvalue weighted by Crippen LogP contribution is 1.97. The second kappa shape index (κ2) is 6.22. The minimum absolute atomic E-state index is 0.152. The molecule has 13 heavy (non-hydrogen) atoms. The second-order valence-electron chi connectivity index (χ2n) is 2.60. The maximum atomic E-state index is 11.1. The van der Waals surface area contributed by atoms with Gasteiger partial charge in [0.1, 0.15) is 0 Å². The molecular formula is C9H15NO3. The number of ether oxygens (including phenoxy) is 1. The number of amides is 1. The van der Waals surface area contributed by atoms with Crippen LogP contribution < -0.4 is 5.32 Å². The number of hydrogen-bond acceptors (Lipinski definition) is 3. The lowest BCUT2D eigenvalue weighted by Crippen LogP contribution is -2.27. The first-order valence-corrected chi connectivity index (χ1v) is 4.17. The summed E-state index contributed by atoms with van der Waals surface area (Å²) in [6, 6.07) is 0. The Balaban J connectivity index is 3.69. The van der Waals surface area contributed by atoms with Crippen LogP contribution >= 0.6 is 0 Å². The molecule has 0 radical (unpaired) electrons. The van der Waals surface area contributed by atoms with E-state index < -0.39 is 6.09 Å². The van der Waals surface area contributed by atoms with Crippen molar-refractivity contribution in [1.29, 1.82) is 0 Å². The van der Waals surface area contributed by atoms with Crippen LogP contribution in [0.5, 0.6) is 0 Å². The summed E-state index contributed by atoms with van der Waals surface area (Å²) in [7, 11) is 0.